The van der Waals surface area contributed by atoms with Crippen molar-refractivity contribution in [3.63, 3.8) is 0 Å². The van der Waals surface area contributed by atoms with E-state index in [9.17, 15) is 4.39 Å². The number of nitrogens with zero attached hydrogens (tertiary/aromatic N) is 1. The van der Waals surface area contributed by atoms with Gasteiger partial charge in [-0.15, -0.1) is 11.3 Å². The minimum absolute atomic E-state index is 0.223. The molecule has 0 amide bonds. The predicted molar refractivity (Wildman–Crippen MR) is 65.5 cm³/mol. The molecule has 0 bridgehead atoms. The number of benzene rings is 1. The van der Waals surface area contributed by atoms with E-state index in [0.29, 0.717) is 5.56 Å². The van der Waals surface area contributed by atoms with E-state index in [2.05, 4.69) is 4.98 Å². The molecule has 0 unspecified atom stereocenters. The molecule has 17 heavy (non-hydrogen) atoms. The molecule has 2 aromatic rings. The molecular formula is C12H13FN2OS. The summed E-state index contributed by atoms with van der Waals surface area (Å²) in [6.07, 6.45) is 0. The van der Waals surface area contributed by atoms with E-state index in [1.54, 1.807) is 23.5 Å². The summed E-state index contributed by atoms with van der Waals surface area (Å²) in [6.45, 7) is 2.43. The number of para-hydroxylation sites is 1. The second-order valence-corrected chi connectivity index (χ2v) is 4.64. The van der Waals surface area contributed by atoms with Gasteiger partial charge in [0.15, 0.2) is 11.6 Å². The van der Waals surface area contributed by atoms with Gasteiger partial charge in [0, 0.05) is 17.5 Å². The molecule has 0 saturated carbocycles. The number of aryl methyl sites for hydroxylation is 1. The van der Waals surface area contributed by atoms with E-state index in [-0.39, 0.29) is 24.7 Å². The van der Waals surface area contributed by atoms with Gasteiger partial charge < -0.3 is 10.5 Å². The molecule has 1 aromatic carbocycles. The van der Waals surface area contributed by atoms with Crippen LogP contribution in [0.5, 0.6) is 5.75 Å². The maximum Gasteiger partial charge on any atom is 0.165 e. The molecule has 2 rings (SSSR count). The van der Waals surface area contributed by atoms with Crippen LogP contribution in [0.25, 0.3) is 0 Å². The van der Waals surface area contributed by atoms with Gasteiger partial charge in [-0.3, -0.25) is 0 Å². The van der Waals surface area contributed by atoms with Crippen molar-refractivity contribution in [1.29, 1.82) is 0 Å². The Morgan fingerprint density at radius 2 is 2.29 bits per heavy atom. The minimum Gasteiger partial charge on any atom is -0.484 e. The van der Waals surface area contributed by atoms with Crippen molar-refractivity contribution in [2.75, 3.05) is 0 Å². The molecule has 0 aliphatic rings. The average Bonchev–Trinajstić information content (AvgIpc) is 2.73. The molecule has 0 fully saturated rings. The predicted octanol–water partition coefficient (Wildman–Crippen LogP) is 2.63. The molecule has 1 aromatic heterocycles. The van der Waals surface area contributed by atoms with Crippen molar-refractivity contribution in [2.45, 2.75) is 20.1 Å². The van der Waals surface area contributed by atoms with Crippen LogP contribution in [0, 0.1) is 12.7 Å². The van der Waals surface area contributed by atoms with Crippen LogP contribution in [0.2, 0.25) is 0 Å². The van der Waals surface area contributed by atoms with E-state index in [1.807, 2.05) is 12.3 Å². The maximum absolute atomic E-state index is 13.5. The molecule has 0 aliphatic heterocycles. The highest BCUT2D eigenvalue weighted by atomic mass is 32.1. The van der Waals surface area contributed by atoms with E-state index in [0.717, 1.165) is 10.7 Å². The van der Waals surface area contributed by atoms with Crippen molar-refractivity contribution < 1.29 is 9.13 Å². The lowest BCUT2D eigenvalue weighted by molar-refractivity contribution is 0.283. The van der Waals surface area contributed by atoms with Crippen LogP contribution in [0.4, 0.5) is 4.39 Å². The van der Waals surface area contributed by atoms with Gasteiger partial charge in [0.25, 0.3) is 0 Å². The van der Waals surface area contributed by atoms with Gasteiger partial charge in [-0.05, 0) is 13.0 Å². The van der Waals surface area contributed by atoms with Gasteiger partial charge in [-0.2, -0.15) is 0 Å². The molecule has 0 radical (unpaired) electrons. The number of hydrogen-bond acceptors (Lipinski definition) is 4. The highest BCUT2D eigenvalue weighted by molar-refractivity contribution is 7.09. The van der Waals surface area contributed by atoms with E-state index in [4.69, 9.17) is 10.5 Å². The van der Waals surface area contributed by atoms with Crippen LogP contribution in [0.1, 0.15) is 16.3 Å². The second kappa shape index (κ2) is 5.25. The van der Waals surface area contributed by atoms with Gasteiger partial charge in [0.2, 0.25) is 0 Å². The second-order valence-electron chi connectivity index (χ2n) is 3.58. The van der Waals surface area contributed by atoms with E-state index in [1.165, 1.54) is 6.07 Å². The lowest BCUT2D eigenvalue weighted by atomic mass is 10.2. The van der Waals surface area contributed by atoms with Crippen molar-refractivity contribution in [1.82, 2.24) is 4.98 Å². The van der Waals surface area contributed by atoms with Crippen molar-refractivity contribution >= 4 is 11.3 Å². The normalized spacial score (nSPS) is 10.5. The summed E-state index contributed by atoms with van der Waals surface area (Å²) in [5.41, 5.74) is 7.00. The molecule has 5 heteroatoms. The molecule has 1 heterocycles. The first-order valence-electron chi connectivity index (χ1n) is 5.22. The lowest BCUT2D eigenvalue weighted by Gasteiger charge is -2.09. The van der Waals surface area contributed by atoms with Crippen LogP contribution < -0.4 is 10.5 Å². The molecule has 90 valence electrons. The maximum atomic E-state index is 13.5. The first kappa shape index (κ1) is 12.0. The molecule has 0 spiro atoms. The van der Waals surface area contributed by atoms with Crippen LogP contribution in [0.15, 0.2) is 23.6 Å². The summed E-state index contributed by atoms with van der Waals surface area (Å²) in [5, 5.41) is 2.87. The fourth-order valence-corrected chi connectivity index (χ4v) is 2.09. The zero-order valence-electron chi connectivity index (χ0n) is 9.44. The van der Waals surface area contributed by atoms with Crippen molar-refractivity contribution in [3.05, 3.63) is 45.7 Å². The monoisotopic (exact) mass is 252 g/mol. The van der Waals surface area contributed by atoms with Gasteiger partial charge in [0.1, 0.15) is 6.61 Å². The van der Waals surface area contributed by atoms with Crippen LogP contribution in [-0.4, -0.2) is 4.98 Å². The highest BCUT2D eigenvalue weighted by Gasteiger charge is 2.09. The Labute approximate surface area is 103 Å². The summed E-state index contributed by atoms with van der Waals surface area (Å²) in [7, 11) is 0. The first-order valence-corrected chi connectivity index (χ1v) is 6.10. The quantitative estimate of drug-likeness (QED) is 0.910. The Balaban J connectivity index is 2.13. The van der Waals surface area contributed by atoms with Gasteiger partial charge in [-0.25, -0.2) is 9.37 Å². The standard InChI is InChI=1S/C12H13FN2OS/c1-8-15-10(7-17-8)6-16-12-9(5-14)3-2-4-11(12)13/h2-4,7H,5-6,14H2,1H3. The third-order valence-corrected chi connectivity index (χ3v) is 3.12. The van der Waals surface area contributed by atoms with E-state index >= 15 is 0 Å². The number of rotatable bonds is 4. The lowest BCUT2D eigenvalue weighted by Crippen LogP contribution is -2.04. The van der Waals surface area contributed by atoms with Gasteiger partial charge >= 0.3 is 0 Å². The highest BCUT2D eigenvalue weighted by Crippen LogP contribution is 2.23. The van der Waals surface area contributed by atoms with Crippen molar-refractivity contribution in [3.8, 4) is 5.75 Å². The van der Waals surface area contributed by atoms with E-state index < -0.39 is 0 Å². The van der Waals surface area contributed by atoms with Gasteiger partial charge in [0.05, 0.1) is 10.7 Å². The number of aromatic nitrogens is 1. The first-order chi connectivity index (χ1) is 8.20. The van der Waals surface area contributed by atoms with Crippen LogP contribution in [-0.2, 0) is 13.2 Å². The summed E-state index contributed by atoms with van der Waals surface area (Å²) in [4.78, 5) is 4.25. The fourth-order valence-electron chi connectivity index (χ4n) is 1.50. The molecule has 0 saturated heterocycles. The third-order valence-electron chi connectivity index (χ3n) is 2.30. The number of hydrogen-bond donors (Lipinski definition) is 1. The zero-order chi connectivity index (χ0) is 12.3. The SMILES string of the molecule is Cc1nc(COc2c(F)cccc2CN)cs1. The topological polar surface area (TPSA) is 48.1 Å². The summed E-state index contributed by atoms with van der Waals surface area (Å²) < 4.78 is 19.0. The Kier molecular flexibility index (Phi) is 3.71. The number of thiazole rings is 1. The number of ether oxygens (including phenoxy) is 1. The third kappa shape index (κ3) is 2.81. The summed E-state index contributed by atoms with van der Waals surface area (Å²) >= 11 is 1.54. The minimum atomic E-state index is -0.389. The Morgan fingerprint density at radius 3 is 2.94 bits per heavy atom. The largest absolute Gasteiger partial charge is 0.484 e. The molecule has 0 atom stereocenters. The molecule has 3 nitrogen and oxygen atoms in total. The molecular weight excluding hydrogens is 239 g/mol. The fraction of sp³-hybridized carbons (Fsp3) is 0.250. The molecule has 2 N–H and O–H groups in total. The summed E-state index contributed by atoms with van der Waals surface area (Å²) in [6, 6.07) is 4.74. The van der Waals surface area contributed by atoms with Gasteiger partial charge in [-0.1, -0.05) is 12.1 Å². The molecule has 0 aliphatic carbocycles. The Bertz CT molecular complexity index is 513. The van der Waals surface area contributed by atoms with Crippen LogP contribution in [0.3, 0.4) is 0 Å². The summed E-state index contributed by atoms with van der Waals surface area (Å²) in [5.74, 6) is -0.166. The van der Waals surface area contributed by atoms with Crippen LogP contribution >= 0.6 is 11.3 Å². The van der Waals surface area contributed by atoms with Crippen molar-refractivity contribution in [2.24, 2.45) is 5.73 Å². The number of nitrogens with two attached hydrogens (primary N) is 1. The average molecular weight is 252 g/mol. The number of halogens is 1. The Morgan fingerprint density at radius 1 is 1.47 bits per heavy atom. The smallest absolute Gasteiger partial charge is 0.165 e. The Hall–Kier alpha value is -1.46. The zero-order valence-corrected chi connectivity index (χ0v) is 10.3.